The fourth-order valence-electron chi connectivity index (χ4n) is 2.33. The molecule has 1 aliphatic rings. The predicted molar refractivity (Wildman–Crippen MR) is 83.5 cm³/mol. The van der Waals surface area contributed by atoms with Crippen molar-refractivity contribution in [3.05, 3.63) is 28.2 Å². The Morgan fingerprint density at radius 1 is 1.43 bits per heavy atom. The normalized spacial score (nSPS) is 17.4. The van der Waals surface area contributed by atoms with Crippen LogP contribution in [0.4, 0.5) is 0 Å². The molecule has 1 fully saturated rings. The molecule has 5 nitrogen and oxygen atoms in total. The van der Waals surface area contributed by atoms with Gasteiger partial charge in [-0.05, 0) is 37.0 Å². The fourth-order valence-corrected chi connectivity index (χ4v) is 3.57. The molecule has 0 spiro atoms. The van der Waals surface area contributed by atoms with Crippen LogP contribution in [-0.2, 0) is 10.0 Å². The van der Waals surface area contributed by atoms with E-state index in [0.717, 1.165) is 17.3 Å². The summed E-state index contributed by atoms with van der Waals surface area (Å²) >= 11 is 3.32. The van der Waals surface area contributed by atoms with Crippen LogP contribution in [0.15, 0.2) is 22.7 Å². The van der Waals surface area contributed by atoms with Crippen molar-refractivity contribution in [2.75, 3.05) is 26.0 Å². The Hall–Kier alpha value is -1.10. The Morgan fingerprint density at radius 3 is 2.67 bits per heavy atom. The van der Waals surface area contributed by atoms with Crippen LogP contribution < -0.4 is 4.74 Å². The van der Waals surface area contributed by atoms with Crippen LogP contribution in [0.5, 0.6) is 5.75 Å². The highest BCUT2D eigenvalue weighted by molar-refractivity contribution is 9.10. The topological polar surface area (TPSA) is 70.4 Å². The fraction of sp³-hybridized carbons (Fsp3) is 0.500. The third kappa shape index (κ3) is 4.43. The number of nitriles is 1. The molecule has 1 aliphatic heterocycles. The molecule has 114 valence electrons. The lowest BCUT2D eigenvalue weighted by atomic mass is 9.99. The molecule has 0 aliphatic carbocycles. The van der Waals surface area contributed by atoms with Crippen LogP contribution in [0.1, 0.15) is 18.4 Å². The van der Waals surface area contributed by atoms with Gasteiger partial charge in [0.2, 0.25) is 10.0 Å². The van der Waals surface area contributed by atoms with Crippen molar-refractivity contribution in [2.24, 2.45) is 5.92 Å². The summed E-state index contributed by atoms with van der Waals surface area (Å²) in [7, 11) is -3.09. The lowest BCUT2D eigenvalue weighted by molar-refractivity contribution is 0.185. The number of rotatable bonds is 4. The predicted octanol–water partition coefficient (Wildman–Crippen LogP) is 2.37. The average molecular weight is 373 g/mol. The van der Waals surface area contributed by atoms with Gasteiger partial charge in [0.05, 0.1) is 18.4 Å². The van der Waals surface area contributed by atoms with Crippen LogP contribution in [0, 0.1) is 17.2 Å². The summed E-state index contributed by atoms with van der Waals surface area (Å²) in [4.78, 5) is 0. The highest BCUT2D eigenvalue weighted by atomic mass is 79.9. The lowest BCUT2D eigenvalue weighted by Crippen LogP contribution is -2.39. The molecule has 7 heteroatoms. The van der Waals surface area contributed by atoms with E-state index in [9.17, 15) is 8.42 Å². The average Bonchev–Trinajstić information content (AvgIpc) is 2.45. The maximum Gasteiger partial charge on any atom is 0.211 e. The molecule has 21 heavy (non-hydrogen) atoms. The second-order valence-electron chi connectivity index (χ2n) is 5.17. The maximum atomic E-state index is 11.4. The highest BCUT2D eigenvalue weighted by Crippen LogP contribution is 2.25. The molecule has 0 amide bonds. The van der Waals surface area contributed by atoms with Gasteiger partial charge in [-0.2, -0.15) is 5.26 Å². The summed E-state index contributed by atoms with van der Waals surface area (Å²) < 4.78 is 31.0. The number of piperidine rings is 1. The molecule has 0 unspecified atom stereocenters. The molecular formula is C14H17BrN2O3S. The van der Waals surface area contributed by atoms with Crippen LogP contribution in [-0.4, -0.2) is 38.7 Å². The first-order chi connectivity index (χ1) is 9.90. The number of ether oxygens (including phenoxy) is 1. The standard InChI is InChI=1S/C14H17BrN2O3S/c1-21(18,19)17-6-4-11(5-7-17)10-20-14-3-2-13(15)8-12(14)9-16/h2-3,8,11H,4-7,10H2,1H3. The Kier molecular flexibility index (Phi) is 5.25. The Morgan fingerprint density at radius 2 is 2.10 bits per heavy atom. The van der Waals surface area contributed by atoms with Gasteiger partial charge in [0.1, 0.15) is 11.8 Å². The van der Waals surface area contributed by atoms with Crippen molar-refractivity contribution in [3.63, 3.8) is 0 Å². The zero-order valence-electron chi connectivity index (χ0n) is 11.8. The van der Waals surface area contributed by atoms with Crippen LogP contribution in [0.3, 0.4) is 0 Å². The molecule has 0 atom stereocenters. The number of hydrogen-bond acceptors (Lipinski definition) is 4. The van der Waals surface area contributed by atoms with Gasteiger partial charge in [0.25, 0.3) is 0 Å². The minimum atomic E-state index is -3.09. The van der Waals surface area contributed by atoms with E-state index in [1.165, 1.54) is 10.6 Å². The third-order valence-corrected chi connectivity index (χ3v) is 5.38. The van der Waals surface area contributed by atoms with Crippen molar-refractivity contribution in [2.45, 2.75) is 12.8 Å². The summed E-state index contributed by atoms with van der Waals surface area (Å²) in [6, 6.07) is 7.44. The van der Waals surface area contributed by atoms with Gasteiger partial charge in [-0.3, -0.25) is 0 Å². The monoisotopic (exact) mass is 372 g/mol. The van der Waals surface area contributed by atoms with Gasteiger partial charge in [-0.15, -0.1) is 0 Å². The summed E-state index contributed by atoms with van der Waals surface area (Å²) in [6.07, 6.45) is 2.81. The van der Waals surface area contributed by atoms with Crippen LogP contribution >= 0.6 is 15.9 Å². The van der Waals surface area contributed by atoms with E-state index in [4.69, 9.17) is 10.00 Å². The molecule has 1 saturated heterocycles. The van der Waals surface area contributed by atoms with Gasteiger partial charge in [0.15, 0.2) is 0 Å². The van der Waals surface area contributed by atoms with Gasteiger partial charge in [0, 0.05) is 17.6 Å². The summed E-state index contributed by atoms with van der Waals surface area (Å²) in [5.74, 6) is 0.893. The zero-order chi connectivity index (χ0) is 15.5. The summed E-state index contributed by atoms with van der Waals surface area (Å²) in [5.41, 5.74) is 0.498. The first-order valence-electron chi connectivity index (χ1n) is 6.67. The molecule has 0 radical (unpaired) electrons. The molecule has 0 N–H and O–H groups in total. The van der Waals surface area contributed by atoms with E-state index in [-0.39, 0.29) is 0 Å². The summed E-state index contributed by atoms with van der Waals surface area (Å²) in [6.45, 7) is 1.59. The van der Waals surface area contributed by atoms with Crippen molar-refractivity contribution >= 4 is 26.0 Å². The lowest BCUT2D eigenvalue weighted by Gasteiger charge is -2.30. The van der Waals surface area contributed by atoms with E-state index in [1.54, 1.807) is 12.1 Å². The minimum Gasteiger partial charge on any atom is -0.492 e. The van der Waals surface area contributed by atoms with Gasteiger partial charge >= 0.3 is 0 Å². The highest BCUT2D eigenvalue weighted by Gasteiger charge is 2.25. The SMILES string of the molecule is CS(=O)(=O)N1CCC(COc2ccc(Br)cc2C#N)CC1. The summed E-state index contributed by atoms with van der Waals surface area (Å²) in [5, 5.41) is 9.08. The minimum absolute atomic E-state index is 0.318. The van der Waals surface area contributed by atoms with Gasteiger partial charge < -0.3 is 4.74 Å². The molecule has 1 aromatic carbocycles. The number of sulfonamides is 1. The number of halogens is 1. The molecule has 1 aromatic rings. The Balaban J connectivity index is 1.90. The van der Waals surface area contributed by atoms with Gasteiger partial charge in [-0.1, -0.05) is 15.9 Å². The smallest absolute Gasteiger partial charge is 0.211 e. The van der Waals surface area contributed by atoms with Crippen molar-refractivity contribution in [1.29, 1.82) is 5.26 Å². The number of nitrogens with zero attached hydrogens (tertiary/aromatic N) is 2. The van der Waals surface area contributed by atoms with Crippen LogP contribution in [0.2, 0.25) is 0 Å². The van der Waals surface area contributed by atoms with Crippen molar-refractivity contribution in [3.8, 4) is 11.8 Å². The molecular weight excluding hydrogens is 356 g/mol. The molecule has 2 rings (SSSR count). The second-order valence-corrected chi connectivity index (χ2v) is 8.07. The zero-order valence-corrected chi connectivity index (χ0v) is 14.2. The van der Waals surface area contributed by atoms with Crippen molar-refractivity contribution < 1.29 is 13.2 Å². The molecule has 1 heterocycles. The number of benzene rings is 1. The van der Waals surface area contributed by atoms with E-state index < -0.39 is 10.0 Å². The van der Waals surface area contributed by atoms with E-state index in [1.807, 2.05) is 6.07 Å². The van der Waals surface area contributed by atoms with E-state index in [0.29, 0.717) is 36.9 Å². The molecule has 0 saturated carbocycles. The van der Waals surface area contributed by atoms with E-state index in [2.05, 4.69) is 22.0 Å². The largest absolute Gasteiger partial charge is 0.492 e. The van der Waals surface area contributed by atoms with Crippen molar-refractivity contribution in [1.82, 2.24) is 4.31 Å². The van der Waals surface area contributed by atoms with Gasteiger partial charge in [-0.25, -0.2) is 12.7 Å². The second kappa shape index (κ2) is 6.77. The molecule has 0 aromatic heterocycles. The molecule has 0 bridgehead atoms. The first kappa shape index (κ1) is 16.3. The van der Waals surface area contributed by atoms with Crippen LogP contribution in [0.25, 0.3) is 0 Å². The quantitative estimate of drug-likeness (QED) is 0.813. The maximum absolute atomic E-state index is 11.4. The van der Waals surface area contributed by atoms with E-state index >= 15 is 0 Å². The number of hydrogen-bond donors (Lipinski definition) is 0. The Bertz CT molecular complexity index is 647. The first-order valence-corrected chi connectivity index (χ1v) is 9.32. The Labute approximate surface area is 133 Å². The third-order valence-electron chi connectivity index (χ3n) is 3.58.